The van der Waals surface area contributed by atoms with Gasteiger partial charge in [-0.1, -0.05) is 36.0 Å². The van der Waals surface area contributed by atoms with Crippen LogP contribution in [-0.4, -0.2) is 37.4 Å². The Balaban J connectivity index is 1.46. The van der Waals surface area contributed by atoms with Gasteiger partial charge in [-0.2, -0.15) is 0 Å². The lowest BCUT2D eigenvalue weighted by molar-refractivity contribution is -0.131. The summed E-state index contributed by atoms with van der Waals surface area (Å²) in [6.07, 6.45) is 2.52. The predicted octanol–water partition coefficient (Wildman–Crippen LogP) is 3.14. The van der Waals surface area contributed by atoms with Crippen LogP contribution in [0.4, 0.5) is 0 Å². The standard InChI is InChI=1S/C19H20N4O2S/c1-13(18(24)23-10-9-14-6-3-4-7-15(14)12-23)26-19-21-20-17(22(19)2)16-8-5-11-25-16/h3-8,11,13H,9-10,12H2,1-2H3. The predicted molar refractivity (Wildman–Crippen MR) is 99.6 cm³/mol. The third-order valence-corrected chi connectivity index (χ3v) is 5.77. The van der Waals surface area contributed by atoms with Crippen molar-refractivity contribution in [2.75, 3.05) is 6.54 Å². The van der Waals surface area contributed by atoms with Gasteiger partial charge in [0.1, 0.15) is 0 Å². The molecule has 0 radical (unpaired) electrons. The number of nitrogens with zero attached hydrogens (tertiary/aromatic N) is 4. The quantitative estimate of drug-likeness (QED) is 0.662. The van der Waals surface area contributed by atoms with E-state index in [9.17, 15) is 4.79 Å². The van der Waals surface area contributed by atoms with Crippen molar-refractivity contribution >= 4 is 17.7 Å². The second kappa shape index (κ2) is 6.99. The average molecular weight is 368 g/mol. The van der Waals surface area contributed by atoms with Gasteiger partial charge in [-0.05, 0) is 36.6 Å². The number of carbonyl (C=O) groups excluding carboxylic acids is 1. The van der Waals surface area contributed by atoms with Crippen LogP contribution in [-0.2, 0) is 24.8 Å². The maximum atomic E-state index is 12.9. The summed E-state index contributed by atoms with van der Waals surface area (Å²) in [4.78, 5) is 14.8. The third-order valence-electron chi connectivity index (χ3n) is 4.65. The van der Waals surface area contributed by atoms with Crippen LogP contribution in [0, 0.1) is 0 Å². The molecule has 3 heterocycles. The van der Waals surface area contributed by atoms with Gasteiger partial charge in [0.2, 0.25) is 5.91 Å². The lowest BCUT2D eigenvalue weighted by Gasteiger charge is -2.30. The van der Waals surface area contributed by atoms with E-state index in [4.69, 9.17) is 4.42 Å². The van der Waals surface area contributed by atoms with Crippen LogP contribution in [0.25, 0.3) is 11.6 Å². The molecule has 26 heavy (non-hydrogen) atoms. The first-order chi connectivity index (χ1) is 12.6. The minimum Gasteiger partial charge on any atom is -0.461 e. The first-order valence-corrected chi connectivity index (χ1v) is 9.47. The molecule has 0 saturated carbocycles. The number of benzene rings is 1. The molecule has 134 valence electrons. The summed E-state index contributed by atoms with van der Waals surface area (Å²) in [6.45, 7) is 3.36. The number of furan rings is 1. The van der Waals surface area contributed by atoms with Crippen LogP contribution in [0.15, 0.2) is 52.2 Å². The first-order valence-electron chi connectivity index (χ1n) is 8.59. The molecule has 2 aromatic heterocycles. The summed E-state index contributed by atoms with van der Waals surface area (Å²) >= 11 is 1.43. The summed E-state index contributed by atoms with van der Waals surface area (Å²) in [5.74, 6) is 1.45. The molecule has 4 rings (SSSR count). The van der Waals surface area contributed by atoms with E-state index in [0.29, 0.717) is 23.3 Å². The second-order valence-electron chi connectivity index (χ2n) is 6.38. The normalized spacial score (nSPS) is 14.9. The summed E-state index contributed by atoms with van der Waals surface area (Å²) in [6, 6.07) is 12.0. The maximum Gasteiger partial charge on any atom is 0.236 e. The molecule has 0 bridgehead atoms. The van der Waals surface area contributed by atoms with Crippen molar-refractivity contribution in [2.24, 2.45) is 7.05 Å². The highest BCUT2D eigenvalue weighted by molar-refractivity contribution is 8.00. The molecule has 6 nitrogen and oxygen atoms in total. The van der Waals surface area contributed by atoms with Gasteiger partial charge in [-0.15, -0.1) is 10.2 Å². The fourth-order valence-electron chi connectivity index (χ4n) is 3.19. The molecule has 1 amide bonds. The van der Waals surface area contributed by atoms with Gasteiger partial charge < -0.3 is 13.9 Å². The molecule has 0 aliphatic carbocycles. The fraction of sp³-hybridized carbons (Fsp3) is 0.316. The molecule has 1 atom stereocenters. The molecule has 0 N–H and O–H groups in total. The zero-order chi connectivity index (χ0) is 18.1. The van der Waals surface area contributed by atoms with E-state index in [2.05, 4.69) is 28.4 Å². The van der Waals surface area contributed by atoms with Crippen molar-refractivity contribution in [3.63, 3.8) is 0 Å². The van der Waals surface area contributed by atoms with Crippen molar-refractivity contribution in [2.45, 2.75) is 30.3 Å². The molecule has 7 heteroatoms. The highest BCUT2D eigenvalue weighted by Gasteiger charge is 2.27. The van der Waals surface area contributed by atoms with E-state index >= 15 is 0 Å². The van der Waals surface area contributed by atoms with Gasteiger partial charge >= 0.3 is 0 Å². The molecule has 0 spiro atoms. The first kappa shape index (κ1) is 16.9. The third kappa shape index (κ3) is 3.14. The van der Waals surface area contributed by atoms with Crippen LogP contribution < -0.4 is 0 Å². The zero-order valence-electron chi connectivity index (χ0n) is 14.8. The van der Waals surface area contributed by atoms with Crippen LogP contribution in [0.2, 0.25) is 0 Å². The Labute approximate surface area is 156 Å². The highest BCUT2D eigenvalue weighted by atomic mass is 32.2. The van der Waals surface area contributed by atoms with Crippen LogP contribution in [0.1, 0.15) is 18.1 Å². The summed E-state index contributed by atoms with van der Waals surface area (Å²) in [5, 5.41) is 8.88. The fourth-order valence-corrected chi connectivity index (χ4v) is 4.09. The topological polar surface area (TPSA) is 64.2 Å². The van der Waals surface area contributed by atoms with Crippen molar-refractivity contribution in [3.05, 3.63) is 53.8 Å². The molecule has 3 aromatic rings. The Bertz CT molecular complexity index is 920. The van der Waals surface area contributed by atoms with Gasteiger partial charge in [0.15, 0.2) is 16.7 Å². The maximum absolute atomic E-state index is 12.9. The number of carbonyl (C=O) groups is 1. The lowest BCUT2D eigenvalue weighted by Crippen LogP contribution is -2.40. The number of hydrogen-bond acceptors (Lipinski definition) is 5. The zero-order valence-corrected chi connectivity index (χ0v) is 15.6. The van der Waals surface area contributed by atoms with E-state index in [-0.39, 0.29) is 11.2 Å². The molecule has 1 unspecified atom stereocenters. The van der Waals surface area contributed by atoms with Crippen molar-refractivity contribution in [1.29, 1.82) is 0 Å². The van der Waals surface area contributed by atoms with Gasteiger partial charge in [-0.25, -0.2) is 0 Å². The molecule has 1 aliphatic heterocycles. The molecule has 0 saturated heterocycles. The summed E-state index contributed by atoms with van der Waals surface area (Å²) in [5.41, 5.74) is 2.58. The van der Waals surface area contributed by atoms with Crippen LogP contribution >= 0.6 is 11.8 Å². The Hall–Kier alpha value is -2.54. The van der Waals surface area contributed by atoms with E-state index in [1.54, 1.807) is 6.26 Å². The molecule has 1 aromatic carbocycles. The van der Waals surface area contributed by atoms with Crippen LogP contribution in [0.5, 0.6) is 0 Å². The number of aromatic nitrogens is 3. The van der Waals surface area contributed by atoms with E-state index in [0.717, 1.165) is 13.0 Å². The Morgan fingerprint density at radius 2 is 2.00 bits per heavy atom. The second-order valence-corrected chi connectivity index (χ2v) is 7.69. The molecule has 1 aliphatic rings. The highest BCUT2D eigenvalue weighted by Crippen LogP contribution is 2.28. The molecule has 0 fully saturated rings. The SMILES string of the molecule is CC(Sc1nnc(-c2ccco2)n1C)C(=O)N1CCc2ccccc2C1. The number of hydrogen-bond donors (Lipinski definition) is 0. The van der Waals surface area contributed by atoms with Gasteiger partial charge in [0.05, 0.1) is 11.5 Å². The molecular weight excluding hydrogens is 348 g/mol. The van der Waals surface area contributed by atoms with Gasteiger partial charge in [-0.3, -0.25) is 4.79 Å². The van der Waals surface area contributed by atoms with Gasteiger partial charge in [0.25, 0.3) is 0 Å². The largest absolute Gasteiger partial charge is 0.461 e. The lowest BCUT2D eigenvalue weighted by atomic mass is 10.00. The van der Waals surface area contributed by atoms with Crippen molar-refractivity contribution < 1.29 is 9.21 Å². The Morgan fingerprint density at radius 3 is 2.77 bits per heavy atom. The average Bonchev–Trinajstić information content (AvgIpc) is 3.31. The summed E-state index contributed by atoms with van der Waals surface area (Å²) < 4.78 is 7.25. The number of fused-ring (bicyclic) bond motifs is 1. The van der Waals surface area contributed by atoms with E-state index in [1.807, 2.05) is 41.6 Å². The van der Waals surface area contributed by atoms with E-state index in [1.165, 1.54) is 22.9 Å². The Morgan fingerprint density at radius 1 is 1.19 bits per heavy atom. The minimum absolute atomic E-state index is 0.132. The van der Waals surface area contributed by atoms with Crippen molar-refractivity contribution in [3.8, 4) is 11.6 Å². The number of amides is 1. The van der Waals surface area contributed by atoms with Gasteiger partial charge in [0, 0.05) is 20.1 Å². The van der Waals surface area contributed by atoms with Crippen LogP contribution in [0.3, 0.4) is 0 Å². The monoisotopic (exact) mass is 368 g/mol. The summed E-state index contributed by atoms with van der Waals surface area (Å²) in [7, 11) is 1.88. The minimum atomic E-state index is -0.229. The number of thioether (sulfide) groups is 1. The number of rotatable bonds is 4. The van der Waals surface area contributed by atoms with E-state index < -0.39 is 0 Å². The van der Waals surface area contributed by atoms with Crippen molar-refractivity contribution in [1.82, 2.24) is 19.7 Å². The Kier molecular flexibility index (Phi) is 4.55. The smallest absolute Gasteiger partial charge is 0.236 e. The molecular formula is C19H20N4O2S.